The molecule has 0 aromatic carbocycles. The van der Waals surface area contributed by atoms with Gasteiger partial charge in [-0.05, 0) is 19.3 Å². The van der Waals surface area contributed by atoms with Crippen molar-refractivity contribution < 1.29 is 13.2 Å². The molecule has 0 spiro atoms. The summed E-state index contributed by atoms with van der Waals surface area (Å²) in [5.41, 5.74) is 0. The van der Waals surface area contributed by atoms with Crippen molar-refractivity contribution in [2.24, 2.45) is 0 Å². The number of sulfonamides is 1. The van der Waals surface area contributed by atoms with E-state index in [4.69, 9.17) is 4.74 Å². The summed E-state index contributed by atoms with van der Waals surface area (Å²) >= 11 is 0. The number of rotatable bonds is 5. The first-order chi connectivity index (χ1) is 12.1. The third-order valence-corrected chi connectivity index (χ3v) is 6.13. The van der Waals surface area contributed by atoms with Gasteiger partial charge in [-0.3, -0.25) is 4.68 Å². The van der Waals surface area contributed by atoms with Gasteiger partial charge in [0.25, 0.3) is 0 Å². The van der Waals surface area contributed by atoms with E-state index in [1.54, 1.807) is 10.9 Å². The molecule has 1 saturated heterocycles. The van der Waals surface area contributed by atoms with Gasteiger partial charge in [-0.25, -0.2) is 22.8 Å². The number of aryl methyl sites for hydroxylation is 2. The van der Waals surface area contributed by atoms with E-state index in [9.17, 15) is 8.42 Å². The average Bonchev–Trinajstić information content (AvgIpc) is 3.33. The maximum absolute atomic E-state index is 12.8. The first-order valence-corrected chi connectivity index (χ1v) is 10.1. The smallest absolute Gasteiger partial charge is 0.244 e. The van der Waals surface area contributed by atoms with Gasteiger partial charge in [0.2, 0.25) is 10.0 Å². The molecule has 0 saturated carbocycles. The van der Waals surface area contributed by atoms with Crippen LogP contribution in [-0.2, 0) is 27.7 Å². The Morgan fingerprint density at radius 3 is 3.04 bits per heavy atom. The van der Waals surface area contributed by atoms with Gasteiger partial charge in [0.05, 0.1) is 24.9 Å². The van der Waals surface area contributed by atoms with Crippen LogP contribution in [0.25, 0.3) is 0 Å². The molecule has 0 bridgehead atoms. The molecule has 0 aliphatic carbocycles. The zero-order valence-electron chi connectivity index (χ0n) is 14.1. The highest BCUT2D eigenvalue weighted by Crippen LogP contribution is 2.26. The van der Waals surface area contributed by atoms with Gasteiger partial charge < -0.3 is 4.74 Å². The third kappa shape index (κ3) is 3.21. The fourth-order valence-electron chi connectivity index (χ4n) is 3.31. The van der Waals surface area contributed by atoms with E-state index in [0.717, 1.165) is 31.6 Å². The Balaban J connectivity index is 1.55. The molecule has 0 radical (unpaired) electrons. The fourth-order valence-corrected chi connectivity index (χ4v) is 4.47. The molecule has 2 atom stereocenters. The number of ether oxygens (including phenoxy) is 1. The summed E-state index contributed by atoms with van der Waals surface area (Å²) in [5, 5.41) is 8.62. The maximum Gasteiger partial charge on any atom is 0.244 e. The second-order valence-electron chi connectivity index (χ2n) is 6.45. The molecular weight excluding hydrogens is 344 g/mol. The predicted octanol–water partition coefficient (Wildman–Crippen LogP) is 0.812. The lowest BCUT2D eigenvalue weighted by Crippen LogP contribution is -2.33. The maximum atomic E-state index is 12.8. The molecule has 2 aromatic heterocycles. The first-order valence-electron chi connectivity index (χ1n) is 8.64. The normalized spacial score (nSPS) is 23.7. The third-order valence-electron chi connectivity index (χ3n) is 4.70. The Morgan fingerprint density at radius 2 is 2.28 bits per heavy atom. The topological polar surface area (TPSA) is 104 Å². The van der Waals surface area contributed by atoms with E-state index >= 15 is 0 Å². The monoisotopic (exact) mass is 366 g/mol. The van der Waals surface area contributed by atoms with Crippen LogP contribution >= 0.6 is 0 Å². The van der Waals surface area contributed by atoms with Gasteiger partial charge in [0.1, 0.15) is 10.7 Å². The van der Waals surface area contributed by atoms with Gasteiger partial charge in [0.15, 0.2) is 5.82 Å². The molecule has 1 N–H and O–H groups in total. The Kier molecular flexibility index (Phi) is 4.34. The van der Waals surface area contributed by atoms with Crippen LogP contribution in [-0.4, -0.2) is 46.2 Å². The molecule has 10 heteroatoms. The van der Waals surface area contributed by atoms with Crippen molar-refractivity contribution in [1.82, 2.24) is 29.3 Å². The largest absolute Gasteiger partial charge is 0.379 e. The van der Waals surface area contributed by atoms with Crippen molar-refractivity contribution in [3.63, 3.8) is 0 Å². The summed E-state index contributed by atoms with van der Waals surface area (Å²) in [6, 6.07) is -0.251. The van der Waals surface area contributed by atoms with E-state index in [0.29, 0.717) is 25.5 Å². The molecule has 136 valence electrons. The van der Waals surface area contributed by atoms with E-state index in [-0.39, 0.29) is 17.0 Å². The van der Waals surface area contributed by atoms with Crippen molar-refractivity contribution in [2.45, 2.75) is 56.1 Å². The molecule has 1 fully saturated rings. The van der Waals surface area contributed by atoms with Gasteiger partial charge in [-0.15, -0.1) is 0 Å². The van der Waals surface area contributed by atoms with Crippen LogP contribution in [0.1, 0.15) is 49.9 Å². The van der Waals surface area contributed by atoms with Crippen molar-refractivity contribution in [3.05, 3.63) is 24.0 Å². The van der Waals surface area contributed by atoms with Crippen LogP contribution in [0, 0.1) is 0 Å². The Bertz CT molecular complexity index is 852. The number of nitrogens with one attached hydrogen (secondary N) is 1. The minimum absolute atomic E-state index is 0.105. The summed E-state index contributed by atoms with van der Waals surface area (Å²) in [6.07, 6.45) is 6.13. The summed E-state index contributed by atoms with van der Waals surface area (Å²) in [5.74, 6) is 1.44. The quantitative estimate of drug-likeness (QED) is 0.840. The van der Waals surface area contributed by atoms with Crippen LogP contribution in [0.5, 0.6) is 0 Å². The van der Waals surface area contributed by atoms with E-state index in [2.05, 4.69) is 19.9 Å². The average molecular weight is 366 g/mol. The molecular formula is C15H22N6O3S. The van der Waals surface area contributed by atoms with Crippen LogP contribution < -0.4 is 4.72 Å². The highest BCUT2D eigenvalue weighted by molar-refractivity contribution is 7.89. The van der Waals surface area contributed by atoms with Crippen molar-refractivity contribution >= 4 is 10.0 Å². The molecule has 25 heavy (non-hydrogen) atoms. The second-order valence-corrected chi connectivity index (χ2v) is 8.17. The van der Waals surface area contributed by atoms with Crippen LogP contribution in [0.4, 0.5) is 0 Å². The van der Waals surface area contributed by atoms with E-state index < -0.39 is 10.0 Å². The summed E-state index contributed by atoms with van der Waals surface area (Å²) < 4.78 is 37.1. The van der Waals surface area contributed by atoms with Crippen molar-refractivity contribution in [3.8, 4) is 0 Å². The minimum Gasteiger partial charge on any atom is -0.379 e. The number of nitrogens with zero attached hydrogens (tertiary/aromatic N) is 5. The Hall–Kier alpha value is -1.78. The zero-order valence-corrected chi connectivity index (χ0v) is 14.9. The molecule has 2 aliphatic heterocycles. The molecule has 9 nitrogen and oxygen atoms in total. The molecule has 2 unspecified atom stereocenters. The number of hydrogen-bond donors (Lipinski definition) is 1. The molecule has 2 aromatic rings. The lowest BCUT2D eigenvalue weighted by atomic mass is 10.1. The van der Waals surface area contributed by atoms with Crippen molar-refractivity contribution in [1.29, 1.82) is 0 Å². The summed E-state index contributed by atoms with van der Waals surface area (Å²) in [6.45, 7) is 4.02. The van der Waals surface area contributed by atoms with Gasteiger partial charge in [0, 0.05) is 25.8 Å². The number of fused-ring (bicyclic) bond motifs is 1. The highest BCUT2D eigenvalue weighted by atomic mass is 32.2. The Labute approximate surface area is 146 Å². The highest BCUT2D eigenvalue weighted by Gasteiger charge is 2.30. The molecule has 2 aliphatic rings. The molecule has 4 heterocycles. The van der Waals surface area contributed by atoms with Gasteiger partial charge >= 0.3 is 0 Å². The number of hydrogen-bond acceptors (Lipinski definition) is 6. The van der Waals surface area contributed by atoms with Crippen LogP contribution in [0.2, 0.25) is 0 Å². The lowest BCUT2D eigenvalue weighted by Gasteiger charge is -2.22. The summed E-state index contributed by atoms with van der Waals surface area (Å²) in [4.78, 5) is 4.66. The van der Waals surface area contributed by atoms with Crippen LogP contribution in [0.3, 0.4) is 0 Å². The zero-order chi connectivity index (χ0) is 17.4. The SMILES string of the molecule is CCc1nc2n(n1)CCCC2NS(=O)(=O)c1cnn(C2CCOC2)c1. The fraction of sp³-hybridized carbons (Fsp3) is 0.667. The first kappa shape index (κ1) is 16.7. The van der Waals surface area contributed by atoms with Gasteiger partial charge in [-0.1, -0.05) is 6.92 Å². The van der Waals surface area contributed by atoms with E-state index in [1.807, 2.05) is 11.6 Å². The van der Waals surface area contributed by atoms with Crippen molar-refractivity contribution in [2.75, 3.05) is 13.2 Å². The molecule has 0 amide bonds. The second kappa shape index (κ2) is 6.50. The lowest BCUT2D eigenvalue weighted by molar-refractivity contribution is 0.184. The molecule has 4 rings (SSSR count). The summed E-state index contributed by atoms with van der Waals surface area (Å²) in [7, 11) is -3.66. The van der Waals surface area contributed by atoms with Gasteiger partial charge in [-0.2, -0.15) is 10.2 Å². The predicted molar refractivity (Wildman–Crippen MR) is 88.4 cm³/mol. The number of aromatic nitrogens is 5. The van der Waals surface area contributed by atoms with E-state index in [1.165, 1.54) is 6.20 Å². The Morgan fingerprint density at radius 1 is 1.40 bits per heavy atom. The standard InChI is InChI=1S/C15H22N6O3S/c1-2-14-17-15-13(4-3-6-20(15)18-14)19-25(22,23)12-8-16-21(9-12)11-5-7-24-10-11/h8-9,11,13,19H,2-7,10H2,1H3. The van der Waals surface area contributed by atoms with Crippen LogP contribution in [0.15, 0.2) is 17.3 Å². The minimum atomic E-state index is -3.66.